The molecule has 0 fully saturated rings. The molecular weight excluding hydrogens is 337 g/mol. The quantitative estimate of drug-likeness (QED) is 0.633. The van der Waals surface area contributed by atoms with E-state index in [0.717, 1.165) is 15.8 Å². The van der Waals surface area contributed by atoms with Crippen molar-refractivity contribution in [2.45, 2.75) is 32.1 Å². The third-order valence-corrected chi connectivity index (χ3v) is 5.52. The summed E-state index contributed by atoms with van der Waals surface area (Å²) in [5.74, 6) is 1.37. The van der Waals surface area contributed by atoms with E-state index >= 15 is 0 Å². The van der Waals surface area contributed by atoms with E-state index in [4.69, 9.17) is 4.74 Å². The molecule has 1 atom stereocenters. The fraction of sp³-hybridized carbons (Fsp3) is 0.250. The molecule has 0 aliphatic rings. The third-order valence-electron chi connectivity index (χ3n) is 4.22. The van der Waals surface area contributed by atoms with Gasteiger partial charge in [-0.3, -0.25) is 9.19 Å². The van der Waals surface area contributed by atoms with Gasteiger partial charge < -0.3 is 4.74 Å². The standard InChI is InChI=1S/C20H20FNO2S/c1-4-14-6-9-18(13(3)20(14)21)24-19-10-11-22-17-8-7-15(12-16(17)19)25(23)5-2/h6-12H,4-5H2,1-3H3. The van der Waals surface area contributed by atoms with Crippen molar-refractivity contribution in [2.75, 3.05) is 5.75 Å². The number of benzene rings is 2. The molecule has 1 heterocycles. The molecular formula is C20H20FNO2S. The first kappa shape index (κ1) is 17.5. The SMILES string of the molecule is CCc1ccc(Oc2ccnc3ccc(S(=O)CC)cc23)c(C)c1F. The summed E-state index contributed by atoms with van der Waals surface area (Å²) in [6.45, 7) is 5.51. The topological polar surface area (TPSA) is 39.2 Å². The summed E-state index contributed by atoms with van der Waals surface area (Å²) in [7, 11) is -1.06. The van der Waals surface area contributed by atoms with E-state index in [0.29, 0.717) is 34.8 Å². The zero-order chi connectivity index (χ0) is 18.0. The van der Waals surface area contributed by atoms with Crippen LogP contribution in [0.4, 0.5) is 4.39 Å². The predicted octanol–water partition coefficient (Wildman–Crippen LogP) is 5.16. The summed E-state index contributed by atoms with van der Waals surface area (Å²) < 4.78 is 32.5. The van der Waals surface area contributed by atoms with Crippen LogP contribution in [-0.2, 0) is 17.2 Å². The number of ether oxygens (including phenoxy) is 1. The molecule has 5 heteroatoms. The van der Waals surface area contributed by atoms with Gasteiger partial charge in [0, 0.05) is 27.8 Å². The zero-order valence-electron chi connectivity index (χ0n) is 14.5. The van der Waals surface area contributed by atoms with Gasteiger partial charge in [-0.05, 0) is 49.2 Å². The average Bonchev–Trinajstić information content (AvgIpc) is 2.65. The molecule has 0 N–H and O–H groups in total. The number of hydrogen-bond donors (Lipinski definition) is 0. The van der Waals surface area contributed by atoms with Crippen molar-refractivity contribution < 1.29 is 13.3 Å². The zero-order valence-corrected chi connectivity index (χ0v) is 15.3. The van der Waals surface area contributed by atoms with E-state index in [2.05, 4.69) is 4.98 Å². The first-order chi connectivity index (χ1) is 12.0. The molecule has 3 aromatic rings. The maximum atomic E-state index is 14.4. The van der Waals surface area contributed by atoms with E-state index in [1.54, 1.807) is 31.3 Å². The fourth-order valence-electron chi connectivity index (χ4n) is 2.72. The number of aromatic nitrogens is 1. The van der Waals surface area contributed by atoms with Crippen molar-refractivity contribution in [1.29, 1.82) is 0 Å². The van der Waals surface area contributed by atoms with Crippen LogP contribution in [0, 0.1) is 12.7 Å². The van der Waals surface area contributed by atoms with Gasteiger partial charge in [0.05, 0.1) is 16.3 Å². The average molecular weight is 357 g/mol. The Morgan fingerprint density at radius 3 is 2.64 bits per heavy atom. The molecule has 3 rings (SSSR count). The largest absolute Gasteiger partial charge is 0.456 e. The molecule has 3 nitrogen and oxygen atoms in total. The molecule has 1 aromatic heterocycles. The van der Waals surface area contributed by atoms with Crippen LogP contribution in [0.2, 0.25) is 0 Å². The molecule has 0 amide bonds. The van der Waals surface area contributed by atoms with Crippen molar-refractivity contribution in [3.8, 4) is 11.5 Å². The smallest absolute Gasteiger partial charge is 0.138 e. The molecule has 0 spiro atoms. The highest BCUT2D eigenvalue weighted by atomic mass is 32.2. The number of pyridine rings is 1. The van der Waals surface area contributed by atoms with Gasteiger partial charge in [0.2, 0.25) is 0 Å². The predicted molar refractivity (Wildman–Crippen MR) is 99.3 cm³/mol. The summed E-state index contributed by atoms with van der Waals surface area (Å²) in [6, 6.07) is 10.8. The molecule has 0 bridgehead atoms. The molecule has 0 radical (unpaired) electrons. The van der Waals surface area contributed by atoms with Crippen LogP contribution in [0.5, 0.6) is 11.5 Å². The van der Waals surface area contributed by atoms with Crippen molar-refractivity contribution in [3.05, 3.63) is 59.5 Å². The number of aryl methyl sites for hydroxylation is 1. The van der Waals surface area contributed by atoms with Crippen LogP contribution in [0.25, 0.3) is 10.9 Å². The number of fused-ring (bicyclic) bond motifs is 1. The van der Waals surface area contributed by atoms with Crippen molar-refractivity contribution in [1.82, 2.24) is 4.98 Å². The minimum atomic E-state index is -1.06. The van der Waals surface area contributed by atoms with E-state index in [1.807, 2.05) is 32.0 Å². The van der Waals surface area contributed by atoms with Crippen molar-refractivity contribution in [3.63, 3.8) is 0 Å². The Morgan fingerprint density at radius 1 is 1.12 bits per heavy atom. The molecule has 0 saturated heterocycles. The van der Waals surface area contributed by atoms with Crippen molar-refractivity contribution >= 4 is 21.7 Å². The van der Waals surface area contributed by atoms with Gasteiger partial charge in [0.1, 0.15) is 17.3 Å². The number of rotatable bonds is 5. The highest BCUT2D eigenvalue weighted by Crippen LogP contribution is 2.33. The lowest BCUT2D eigenvalue weighted by Gasteiger charge is -2.13. The number of hydrogen-bond acceptors (Lipinski definition) is 3. The second kappa shape index (κ2) is 7.31. The summed E-state index contributed by atoms with van der Waals surface area (Å²) in [4.78, 5) is 5.06. The minimum Gasteiger partial charge on any atom is -0.456 e. The molecule has 2 aromatic carbocycles. The summed E-state index contributed by atoms with van der Waals surface area (Å²) >= 11 is 0. The third kappa shape index (κ3) is 3.42. The van der Waals surface area contributed by atoms with Crippen LogP contribution < -0.4 is 4.74 Å². The minimum absolute atomic E-state index is 0.230. The lowest BCUT2D eigenvalue weighted by molar-refractivity contribution is 0.474. The molecule has 1 unspecified atom stereocenters. The second-order valence-corrected chi connectivity index (χ2v) is 7.48. The van der Waals surface area contributed by atoms with Crippen LogP contribution in [0.3, 0.4) is 0 Å². The highest BCUT2D eigenvalue weighted by molar-refractivity contribution is 7.85. The molecule has 0 aliphatic heterocycles. The second-order valence-electron chi connectivity index (χ2n) is 5.74. The van der Waals surface area contributed by atoms with Gasteiger partial charge in [0.15, 0.2) is 0 Å². The summed E-state index contributed by atoms with van der Waals surface area (Å²) in [5, 5.41) is 0.765. The van der Waals surface area contributed by atoms with E-state index < -0.39 is 10.8 Å². The van der Waals surface area contributed by atoms with Gasteiger partial charge >= 0.3 is 0 Å². The van der Waals surface area contributed by atoms with Crippen LogP contribution in [0.15, 0.2) is 47.5 Å². The Labute approximate surface area is 149 Å². The van der Waals surface area contributed by atoms with Gasteiger partial charge in [-0.15, -0.1) is 0 Å². The first-order valence-electron chi connectivity index (χ1n) is 8.28. The molecule has 0 aliphatic carbocycles. The molecule has 25 heavy (non-hydrogen) atoms. The molecule has 130 valence electrons. The van der Waals surface area contributed by atoms with E-state index in [1.165, 1.54) is 0 Å². The fourth-order valence-corrected chi connectivity index (χ4v) is 3.53. The summed E-state index contributed by atoms with van der Waals surface area (Å²) in [6.07, 6.45) is 2.29. The first-order valence-corrected chi connectivity index (χ1v) is 9.60. The highest BCUT2D eigenvalue weighted by Gasteiger charge is 2.13. The van der Waals surface area contributed by atoms with Gasteiger partial charge in [-0.2, -0.15) is 0 Å². The van der Waals surface area contributed by atoms with E-state index in [9.17, 15) is 8.60 Å². The Balaban J connectivity index is 2.07. The van der Waals surface area contributed by atoms with Gasteiger partial charge in [-0.25, -0.2) is 4.39 Å². The Kier molecular flexibility index (Phi) is 5.13. The van der Waals surface area contributed by atoms with Crippen LogP contribution in [-0.4, -0.2) is 14.9 Å². The lowest BCUT2D eigenvalue weighted by atomic mass is 10.1. The van der Waals surface area contributed by atoms with Crippen LogP contribution >= 0.6 is 0 Å². The maximum absolute atomic E-state index is 14.4. The van der Waals surface area contributed by atoms with Crippen molar-refractivity contribution in [2.24, 2.45) is 0 Å². The van der Waals surface area contributed by atoms with Gasteiger partial charge in [-0.1, -0.05) is 19.9 Å². The normalized spacial score (nSPS) is 12.3. The monoisotopic (exact) mass is 357 g/mol. The Morgan fingerprint density at radius 2 is 1.92 bits per heavy atom. The maximum Gasteiger partial charge on any atom is 0.138 e. The summed E-state index contributed by atoms with van der Waals surface area (Å²) in [5.41, 5.74) is 1.90. The Bertz CT molecular complexity index is 956. The number of halogens is 1. The van der Waals surface area contributed by atoms with Crippen LogP contribution in [0.1, 0.15) is 25.0 Å². The van der Waals surface area contributed by atoms with Gasteiger partial charge in [0.25, 0.3) is 0 Å². The molecule has 0 saturated carbocycles. The Hall–Kier alpha value is -2.27. The lowest BCUT2D eigenvalue weighted by Crippen LogP contribution is -1.97. The number of nitrogens with zero attached hydrogens (tertiary/aromatic N) is 1. The van der Waals surface area contributed by atoms with E-state index in [-0.39, 0.29) is 5.82 Å².